The number of rotatable bonds is 4. The van der Waals surface area contributed by atoms with Gasteiger partial charge in [0, 0.05) is 16.5 Å². The number of fused-ring (bicyclic) bond motifs is 1. The molecule has 1 aromatic carbocycles. The number of benzene rings is 1. The Hall–Kier alpha value is -2.60. The van der Waals surface area contributed by atoms with Crippen LogP contribution >= 0.6 is 11.6 Å². The quantitative estimate of drug-likeness (QED) is 0.658. The molecule has 6 nitrogen and oxygen atoms in total. The molecule has 2 heterocycles. The summed E-state index contributed by atoms with van der Waals surface area (Å²) in [5.74, 6) is -0.465. The van der Waals surface area contributed by atoms with Gasteiger partial charge in [-0.2, -0.15) is 5.10 Å². The molecule has 0 aliphatic heterocycles. The largest absolute Gasteiger partial charge is 0.465 e. The van der Waals surface area contributed by atoms with Gasteiger partial charge in [0.25, 0.3) is 5.56 Å². The van der Waals surface area contributed by atoms with Gasteiger partial charge >= 0.3 is 5.97 Å². The highest BCUT2D eigenvalue weighted by Gasteiger charge is 2.20. The molecule has 0 spiro atoms. The number of aryl methyl sites for hydroxylation is 2. The van der Waals surface area contributed by atoms with Gasteiger partial charge in [-0.05, 0) is 51.0 Å². The Morgan fingerprint density at radius 1 is 1.27 bits per heavy atom. The Labute approximate surface area is 156 Å². The molecule has 7 heteroatoms. The summed E-state index contributed by atoms with van der Waals surface area (Å²) in [5, 5.41) is 6.07. The Morgan fingerprint density at radius 2 is 2.00 bits per heavy atom. The summed E-state index contributed by atoms with van der Waals surface area (Å²) in [6.07, 6.45) is 0. The molecule has 0 radical (unpaired) electrons. The Bertz CT molecular complexity index is 1070. The first-order valence-electron chi connectivity index (χ1n) is 8.36. The minimum Gasteiger partial charge on any atom is -0.465 e. The Morgan fingerprint density at radius 3 is 2.69 bits per heavy atom. The second kappa shape index (κ2) is 6.96. The zero-order chi connectivity index (χ0) is 19.0. The third kappa shape index (κ3) is 3.01. The van der Waals surface area contributed by atoms with Gasteiger partial charge in [0.15, 0.2) is 0 Å². The first-order chi connectivity index (χ1) is 12.3. The highest BCUT2D eigenvalue weighted by molar-refractivity contribution is 6.31. The van der Waals surface area contributed by atoms with Gasteiger partial charge < -0.3 is 4.74 Å². The smallest absolute Gasteiger partial charge is 0.326 e. The predicted molar refractivity (Wildman–Crippen MR) is 101 cm³/mol. The summed E-state index contributed by atoms with van der Waals surface area (Å²) in [6.45, 7) is 7.45. The van der Waals surface area contributed by atoms with Gasteiger partial charge in [-0.25, -0.2) is 4.68 Å². The second-order valence-corrected chi connectivity index (χ2v) is 6.54. The van der Waals surface area contributed by atoms with Crippen molar-refractivity contribution in [2.45, 2.75) is 34.2 Å². The molecule has 0 atom stereocenters. The number of nitrogens with zero attached hydrogens (tertiary/aromatic N) is 3. The molecule has 0 unspecified atom stereocenters. The topological polar surface area (TPSA) is 66.1 Å². The molecule has 0 amide bonds. The van der Waals surface area contributed by atoms with Crippen LogP contribution < -0.4 is 5.56 Å². The maximum absolute atomic E-state index is 12.6. The molecular weight excluding hydrogens is 354 g/mol. The van der Waals surface area contributed by atoms with E-state index in [9.17, 15) is 9.59 Å². The molecule has 3 aromatic rings. The molecule has 0 fully saturated rings. The highest BCUT2D eigenvalue weighted by Crippen LogP contribution is 2.28. The van der Waals surface area contributed by atoms with Crippen LogP contribution in [0.1, 0.15) is 23.7 Å². The van der Waals surface area contributed by atoms with Crippen LogP contribution in [0.4, 0.5) is 0 Å². The average Bonchev–Trinajstić information content (AvgIpc) is 2.92. The number of carbonyl (C=O) groups excluding carboxylic acids is 1. The normalized spacial score (nSPS) is 11.1. The van der Waals surface area contributed by atoms with Crippen molar-refractivity contribution in [3.8, 4) is 5.69 Å². The van der Waals surface area contributed by atoms with Crippen LogP contribution in [-0.2, 0) is 16.1 Å². The number of hydrogen-bond acceptors (Lipinski definition) is 4. The summed E-state index contributed by atoms with van der Waals surface area (Å²) >= 11 is 6.27. The first-order valence-corrected chi connectivity index (χ1v) is 8.73. The molecule has 0 saturated carbocycles. The molecular formula is C19H20ClN3O3. The van der Waals surface area contributed by atoms with Gasteiger partial charge in [0.1, 0.15) is 12.2 Å². The zero-order valence-electron chi connectivity index (χ0n) is 15.2. The van der Waals surface area contributed by atoms with E-state index < -0.39 is 5.97 Å². The Kier molecular flexibility index (Phi) is 4.87. The van der Waals surface area contributed by atoms with E-state index in [0.717, 1.165) is 27.9 Å². The van der Waals surface area contributed by atoms with E-state index in [0.29, 0.717) is 10.7 Å². The lowest BCUT2D eigenvalue weighted by molar-refractivity contribution is -0.143. The minimum absolute atomic E-state index is 0.172. The van der Waals surface area contributed by atoms with E-state index in [1.807, 2.05) is 32.9 Å². The van der Waals surface area contributed by atoms with E-state index >= 15 is 0 Å². The van der Waals surface area contributed by atoms with Crippen molar-refractivity contribution in [3.63, 3.8) is 0 Å². The first kappa shape index (κ1) is 18.2. The van der Waals surface area contributed by atoms with Crippen molar-refractivity contribution in [3.05, 3.63) is 56.5 Å². The molecule has 26 heavy (non-hydrogen) atoms. The number of carbonyl (C=O) groups is 1. The van der Waals surface area contributed by atoms with E-state index in [1.165, 1.54) is 10.6 Å². The number of hydrogen-bond donors (Lipinski definition) is 0. The summed E-state index contributed by atoms with van der Waals surface area (Å²) in [7, 11) is 0. The zero-order valence-corrected chi connectivity index (χ0v) is 15.9. The minimum atomic E-state index is -0.465. The SMILES string of the molecule is CCOC(=O)Cn1c(=O)cc(C)c2c(C)nn(-c3cccc(Cl)c3C)c21. The van der Waals surface area contributed by atoms with Crippen LogP contribution in [0.2, 0.25) is 5.02 Å². The molecule has 0 aliphatic carbocycles. The van der Waals surface area contributed by atoms with Crippen LogP contribution in [0.25, 0.3) is 16.7 Å². The van der Waals surface area contributed by atoms with E-state index in [1.54, 1.807) is 17.7 Å². The molecule has 0 bridgehead atoms. The number of esters is 1. The van der Waals surface area contributed by atoms with Crippen LogP contribution in [0.15, 0.2) is 29.1 Å². The number of ether oxygens (including phenoxy) is 1. The van der Waals surface area contributed by atoms with Crippen LogP contribution in [-0.4, -0.2) is 26.9 Å². The van der Waals surface area contributed by atoms with Crippen molar-refractivity contribution < 1.29 is 9.53 Å². The highest BCUT2D eigenvalue weighted by atomic mass is 35.5. The lowest BCUT2D eigenvalue weighted by Gasteiger charge is -2.13. The van der Waals surface area contributed by atoms with Gasteiger partial charge in [0.2, 0.25) is 0 Å². The maximum atomic E-state index is 12.6. The summed E-state index contributed by atoms with van der Waals surface area (Å²) < 4.78 is 8.11. The second-order valence-electron chi connectivity index (χ2n) is 6.14. The van der Waals surface area contributed by atoms with Crippen LogP contribution in [0, 0.1) is 20.8 Å². The summed E-state index contributed by atoms with van der Waals surface area (Å²) in [4.78, 5) is 24.7. The van der Waals surface area contributed by atoms with Gasteiger partial charge in [-0.3, -0.25) is 14.2 Å². The summed E-state index contributed by atoms with van der Waals surface area (Å²) in [5.41, 5.74) is 3.48. The standard InChI is InChI=1S/C19H20ClN3O3/c1-5-26-17(25)10-22-16(24)9-11(2)18-13(4)21-23(19(18)22)15-8-6-7-14(20)12(15)3/h6-9H,5,10H2,1-4H3. The van der Waals surface area contributed by atoms with Crippen molar-refractivity contribution >= 4 is 28.6 Å². The van der Waals surface area contributed by atoms with Crippen molar-refractivity contribution in [2.24, 2.45) is 0 Å². The van der Waals surface area contributed by atoms with Gasteiger partial charge in [0.05, 0.1) is 18.0 Å². The fraction of sp³-hybridized carbons (Fsp3) is 0.316. The van der Waals surface area contributed by atoms with Crippen LogP contribution in [0.5, 0.6) is 0 Å². The maximum Gasteiger partial charge on any atom is 0.326 e. The van der Waals surface area contributed by atoms with Crippen molar-refractivity contribution in [1.82, 2.24) is 14.3 Å². The molecule has 0 aliphatic rings. The van der Waals surface area contributed by atoms with E-state index in [-0.39, 0.29) is 18.7 Å². The molecule has 3 rings (SSSR count). The number of aromatic nitrogens is 3. The predicted octanol–water partition coefficient (Wildman–Crippen LogP) is 3.33. The van der Waals surface area contributed by atoms with Crippen molar-refractivity contribution in [2.75, 3.05) is 6.61 Å². The van der Waals surface area contributed by atoms with Gasteiger partial charge in [-0.1, -0.05) is 17.7 Å². The number of halogens is 1. The monoisotopic (exact) mass is 373 g/mol. The third-order valence-electron chi connectivity index (χ3n) is 4.35. The summed E-state index contributed by atoms with van der Waals surface area (Å²) in [6, 6.07) is 7.03. The number of pyridine rings is 1. The lowest BCUT2D eigenvalue weighted by atomic mass is 10.1. The molecule has 0 N–H and O–H groups in total. The fourth-order valence-corrected chi connectivity index (χ4v) is 3.32. The fourth-order valence-electron chi connectivity index (χ4n) is 3.15. The van der Waals surface area contributed by atoms with E-state index in [4.69, 9.17) is 16.3 Å². The Balaban J connectivity index is 2.36. The lowest BCUT2D eigenvalue weighted by Crippen LogP contribution is -2.27. The van der Waals surface area contributed by atoms with E-state index in [2.05, 4.69) is 5.10 Å². The average molecular weight is 374 g/mol. The molecule has 2 aromatic heterocycles. The van der Waals surface area contributed by atoms with Crippen molar-refractivity contribution in [1.29, 1.82) is 0 Å². The molecule has 136 valence electrons. The third-order valence-corrected chi connectivity index (χ3v) is 4.76. The van der Waals surface area contributed by atoms with Crippen LogP contribution in [0.3, 0.4) is 0 Å². The van der Waals surface area contributed by atoms with Gasteiger partial charge in [-0.15, -0.1) is 0 Å². The molecule has 0 saturated heterocycles.